The van der Waals surface area contributed by atoms with E-state index in [-0.39, 0.29) is 16.1 Å². The highest BCUT2D eigenvalue weighted by molar-refractivity contribution is 9.10. The van der Waals surface area contributed by atoms with Crippen molar-refractivity contribution in [1.82, 2.24) is 4.90 Å². The molecule has 1 saturated heterocycles. The Labute approximate surface area is 134 Å². The molecule has 0 radical (unpaired) electrons. The lowest BCUT2D eigenvalue weighted by molar-refractivity contribution is -0.138. The number of halogens is 4. The zero-order valence-electron chi connectivity index (χ0n) is 11.6. The molecule has 0 bridgehead atoms. The van der Waals surface area contributed by atoms with Gasteiger partial charge in [0, 0.05) is 28.1 Å². The van der Waals surface area contributed by atoms with Crippen molar-refractivity contribution >= 4 is 33.6 Å². The van der Waals surface area contributed by atoms with Crippen molar-refractivity contribution in [2.24, 2.45) is 0 Å². The first kappa shape index (κ1) is 16.7. The van der Waals surface area contributed by atoms with Gasteiger partial charge in [-0.3, -0.25) is 4.79 Å². The van der Waals surface area contributed by atoms with Crippen molar-refractivity contribution in [2.75, 3.05) is 13.1 Å². The van der Waals surface area contributed by atoms with E-state index in [1.165, 1.54) is 17.0 Å². The third-order valence-electron chi connectivity index (χ3n) is 3.22. The number of amides is 1. The van der Waals surface area contributed by atoms with Gasteiger partial charge in [0.1, 0.15) is 0 Å². The molecule has 0 aliphatic carbocycles. The Balaban J connectivity index is 2.35. The summed E-state index contributed by atoms with van der Waals surface area (Å²) in [5.41, 5.74) is -1.17. The summed E-state index contributed by atoms with van der Waals surface area (Å²) in [6.45, 7) is 4.90. The number of nitrogens with zero attached hydrogens (tertiary/aromatic N) is 1. The quantitative estimate of drug-likeness (QED) is 0.716. The molecule has 1 amide bonds. The highest BCUT2D eigenvalue weighted by atomic mass is 79.9. The number of alkyl halides is 3. The highest BCUT2D eigenvalue weighted by Crippen LogP contribution is 2.35. The molecule has 2 nitrogen and oxygen atoms in total. The van der Waals surface area contributed by atoms with Crippen LogP contribution in [-0.2, 0) is 6.18 Å². The van der Waals surface area contributed by atoms with Crippen LogP contribution in [0.4, 0.5) is 13.2 Å². The van der Waals surface area contributed by atoms with Gasteiger partial charge in [-0.15, -0.1) is 0 Å². The first-order valence-electron chi connectivity index (χ1n) is 6.50. The maximum atomic E-state index is 13.1. The molecule has 7 heteroatoms. The lowest BCUT2D eigenvalue weighted by atomic mass is 10.1. The third kappa shape index (κ3) is 3.94. The molecular weight excluding hydrogens is 367 g/mol. The summed E-state index contributed by atoms with van der Waals surface area (Å²) in [5, 5.41) is 0.449. The SMILES string of the molecule is CC1CN(C(=O)c2ccc(Br)cc2C(F)(F)F)CC(C)S1. The molecule has 2 unspecified atom stereocenters. The van der Waals surface area contributed by atoms with E-state index in [1.54, 1.807) is 11.8 Å². The smallest absolute Gasteiger partial charge is 0.336 e. The van der Waals surface area contributed by atoms with Crippen LogP contribution in [0.25, 0.3) is 0 Å². The molecule has 1 fully saturated rings. The molecule has 1 aromatic rings. The van der Waals surface area contributed by atoms with Crippen LogP contribution in [0.1, 0.15) is 29.8 Å². The summed E-state index contributed by atoms with van der Waals surface area (Å²) in [6.07, 6.45) is -4.55. The predicted octanol–water partition coefficient (Wildman–Crippen LogP) is 4.43. The number of hydrogen-bond acceptors (Lipinski definition) is 2. The first-order valence-corrected chi connectivity index (χ1v) is 8.23. The molecule has 2 atom stereocenters. The van der Waals surface area contributed by atoms with Crippen LogP contribution in [-0.4, -0.2) is 34.4 Å². The molecule has 0 saturated carbocycles. The van der Waals surface area contributed by atoms with Crippen molar-refractivity contribution in [3.05, 3.63) is 33.8 Å². The van der Waals surface area contributed by atoms with Crippen LogP contribution < -0.4 is 0 Å². The fourth-order valence-electron chi connectivity index (χ4n) is 2.45. The van der Waals surface area contributed by atoms with E-state index < -0.39 is 17.6 Å². The third-order valence-corrected chi connectivity index (χ3v) is 4.94. The monoisotopic (exact) mass is 381 g/mol. The normalized spacial score (nSPS) is 23.2. The van der Waals surface area contributed by atoms with Crippen LogP contribution in [0.15, 0.2) is 22.7 Å². The van der Waals surface area contributed by atoms with Gasteiger partial charge in [0.2, 0.25) is 0 Å². The van der Waals surface area contributed by atoms with E-state index in [4.69, 9.17) is 0 Å². The van der Waals surface area contributed by atoms with Crippen LogP contribution in [0.3, 0.4) is 0 Å². The van der Waals surface area contributed by atoms with E-state index in [1.807, 2.05) is 13.8 Å². The van der Waals surface area contributed by atoms with Crippen LogP contribution in [0, 0.1) is 0 Å². The van der Waals surface area contributed by atoms with Gasteiger partial charge in [-0.25, -0.2) is 0 Å². The summed E-state index contributed by atoms with van der Waals surface area (Å²) in [4.78, 5) is 14.0. The van der Waals surface area contributed by atoms with Crippen molar-refractivity contribution < 1.29 is 18.0 Å². The molecule has 1 aliphatic heterocycles. The average molecular weight is 382 g/mol. The topological polar surface area (TPSA) is 20.3 Å². The Morgan fingerprint density at radius 2 is 1.86 bits per heavy atom. The second-order valence-corrected chi connectivity index (χ2v) is 7.95. The first-order chi connectivity index (χ1) is 9.68. The van der Waals surface area contributed by atoms with E-state index >= 15 is 0 Å². The molecule has 0 N–H and O–H groups in total. The Hall–Kier alpha value is -0.690. The summed E-state index contributed by atoms with van der Waals surface area (Å²) in [5.74, 6) is -0.547. The molecule has 1 aromatic carbocycles. The predicted molar refractivity (Wildman–Crippen MR) is 81.6 cm³/mol. The fraction of sp³-hybridized carbons (Fsp3) is 0.500. The van der Waals surface area contributed by atoms with Gasteiger partial charge in [-0.05, 0) is 18.2 Å². The van der Waals surface area contributed by atoms with Gasteiger partial charge in [-0.1, -0.05) is 29.8 Å². The van der Waals surface area contributed by atoms with Crippen LogP contribution >= 0.6 is 27.7 Å². The van der Waals surface area contributed by atoms with E-state index in [2.05, 4.69) is 15.9 Å². The zero-order chi connectivity index (χ0) is 15.8. The van der Waals surface area contributed by atoms with Crippen LogP contribution in [0.2, 0.25) is 0 Å². The molecular formula is C14H15BrF3NOS. The lowest BCUT2D eigenvalue weighted by Gasteiger charge is -2.35. The summed E-state index contributed by atoms with van der Waals surface area (Å²) in [6, 6.07) is 3.67. The van der Waals surface area contributed by atoms with Crippen LogP contribution in [0.5, 0.6) is 0 Å². The van der Waals surface area contributed by atoms with Crippen molar-refractivity contribution in [3.8, 4) is 0 Å². The fourth-order valence-corrected chi connectivity index (χ4v) is 4.14. The molecule has 116 valence electrons. The van der Waals surface area contributed by atoms with Gasteiger partial charge in [-0.2, -0.15) is 24.9 Å². The average Bonchev–Trinajstić information content (AvgIpc) is 2.35. The second-order valence-electron chi connectivity index (χ2n) is 5.16. The number of benzene rings is 1. The van der Waals surface area contributed by atoms with E-state index in [0.29, 0.717) is 17.6 Å². The van der Waals surface area contributed by atoms with Gasteiger partial charge >= 0.3 is 6.18 Å². The molecule has 21 heavy (non-hydrogen) atoms. The van der Waals surface area contributed by atoms with Crippen molar-refractivity contribution in [2.45, 2.75) is 30.5 Å². The van der Waals surface area contributed by atoms with Gasteiger partial charge < -0.3 is 4.90 Å². The van der Waals surface area contributed by atoms with Gasteiger partial charge in [0.25, 0.3) is 5.91 Å². The number of carbonyl (C=O) groups is 1. The standard InChI is InChI=1S/C14H15BrF3NOS/c1-8-6-19(7-9(2)21-8)13(20)11-4-3-10(15)5-12(11)14(16,17)18/h3-5,8-9H,6-7H2,1-2H3. The number of thioether (sulfide) groups is 1. The Bertz CT molecular complexity index is 540. The Morgan fingerprint density at radius 1 is 1.29 bits per heavy atom. The highest BCUT2D eigenvalue weighted by Gasteiger charge is 2.37. The van der Waals surface area contributed by atoms with Crippen molar-refractivity contribution in [1.29, 1.82) is 0 Å². The lowest BCUT2D eigenvalue weighted by Crippen LogP contribution is -2.44. The summed E-state index contributed by atoms with van der Waals surface area (Å²) >= 11 is 4.77. The zero-order valence-corrected chi connectivity index (χ0v) is 14.0. The molecule has 1 heterocycles. The molecule has 0 spiro atoms. The largest absolute Gasteiger partial charge is 0.417 e. The second kappa shape index (κ2) is 6.20. The minimum absolute atomic E-state index is 0.225. The van der Waals surface area contributed by atoms with Gasteiger partial charge in [0.05, 0.1) is 11.1 Å². The molecule has 0 aromatic heterocycles. The maximum absolute atomic E-state index is 13.1. The van der Waals surface area contributed by atoms with E-state index in [9.17, 15) is 18.0 Å². The number of rotatable bonds is 1. The van der Waals surface area contributed by atoms with Gasteiger partial charge in [0.15, 0.2) is 0 Å². The van der Waals surface area contributed by atoms with E-state index in [0.717, 1.165) is 6.07 Å². The minimum Gasteiger partial charge on any atom is -0.336 e. The Morgan fingerprint density at radius 3 is 2.38 bits per heavy atom. The number of carbonyl (C=O) groups excluding carboxylic acids is 1. The summed E-state index contributed by atoms with van der Waals surface area (Å²) in [7, 11) is 0. The Kier molecular flexibility index (Phi) is 4.92. The maximum Gasteiger partial charge on any atom is 0.417 e. The van der Waals surface area contributed by atoms with Crippen molar-refractivity contribution in [3.63, 3.8) is 0 Å². The minimum atomic E-state index is -4.55. The number of hydrogen-bond donors (Lipinski definition) is 0. The summed E-state index contributed by atoms with van der Waals surface area (Å²) < 4.78 is 39.6. The molecule has 1 aliphatic rings. The molecule has 2 rings (SSSR count).